The molecule has 0 heterocycles. The second kappa shape index (κ2) is 7.97. The van der Waals surface area contributed by atoms with Crippen LogP contribution < -0.4 is 0 Å². The van der Waals surface area contributed by atoms with E-state index in [-0.39, 0.29) is 0 Å². The van der Waals surface area contributed by atoms with Crippen molar-refractivity contribution < 1.29 is 9.59 Å². The number of hydrogen-bond acceptors (Lipinski definition) is 1. The molecule has 1 saturated carbocycles. The zero-order chi connectivity index (χ0) is 16.1. The number of hydrogen-bond donors (Lipinski definition) is 1. The van der Waals surface area contributed by atoms with E-state index < -0.39 is 5.60 Å². The number of rotatable bonds is 8. The van der Waals surface area contributed by atoms with Gasteiger partial charge in [-0.05, 0) is 44.4 Å². The Morgan fingerprint density at radius 2 is 1.76 bits per heavy atom. The molecule has 1 N–H and O–H groups in total. The maximum Gasteiger partial charge on any atom is 0.118 e. The van der Waals surface area contributed by atoms with Gasteiger partial charge in [0.1, 0.15) is 11.6 Å². The van der Waals surface area contributed by atoms with E-state index in [1.54, 1.807) is 0 Å². The van der Waals surface area contributed by atoms with Gasteiger partial charge in [0.25, 0.3) is 0 Å². The second-order valence-corrected chi connectivity index (χ2v) is 8.57. The van der Waals surface area contributed by atoms with Crippen molar-refractivity contribution in [3.05, 3.63) is 0 Å². The summed E-state index contributed by atoms with van der Waals surface area (Å²) in [5.41, 5.74) is -0.488. The predicted octanol–water partition coefficient (Wildman–Crippen LogP) is 4.61. The molecule has 1 aliphatic rings. The fraction of sp³-hybridized carbons (Fsp3) is 1.00. The molecule has 0 aliphatic heterocycles. The van der Waals surface area contributed by atoms with Crippen molar-refractivity contribution in [3.8, 4) is 0 Å². The average molecular weight is 299 g/mol. The van der Waals surface area contributed by atoms with E-state index in [0.29, 0.717) is 6.04 Å². The molecule has 1 rings (SSSR count). The Bertz CT molecular complexity index is 296. The quantitative estimate of drug-likeness (QED) is 0.512. The minimum absolute atomic E-state index is 0.393. The molecule has 0 aromatic carbocycles. The molecular formula is C19H40NO+. The molecule has 0 bridgehead atoms. The van der Waals surface area contributed by atoms with Crippen LogP contribution in [0.5, 0.6) is 0 Å². The number of nitrogens with zero attached hydrogens (tertiary/aromatic N) is 1. The van der Waals surface area contributed by atoms with E-state index in [9.17, 15) is 5.11 Å². The van der Waals surface area contributed by atoms with Crippen LogP contribution in [0.4, 0.5) is 0 Å². The maximum atomic E-state index is 10.9. The topological polar surface area (TPSA) is 20.2 Å². The fourth-order valence-electron chi connectivity index (χ4n) is 4.23. The van der Waals surface area contributed by atoms with Crippen LogP contribution >= 0.6 is 0 Å². The molecule has 0 saturated heterocycles. The molecule has 2 nitrogen and oxygen atoms in total. The lowest BCUT2D eigenvalue weighted by Gasteiger charge is -2.50. The SMILES string of the molecule is CCCCCCC[N+](C)(C)C1CC(C(C)C)CCC1(C)O. The number of likely N-dealkylation sites (N-methyl/N-ethyl adjacent to an activating group) is 1. The van der Waals surface area contributed by atoms with Gasteiger partial charge in [-0.3, -0.25) is 0 Å². The first-order chi connectivity index (χ1) is 9.70. The van der Waals surface area contributed by atoms with E-state index in [2.05, 4.69) is 41.8 Å². The van der Waals surface area contributed by atoms with Crippen molar-refractivity contribution in [1.29, 1.82) is 0 Å². The molecule has 0 spiro atoms. The van der Waals surface area contributed by atoms with Crippen molar-refractivity contribution in [2.45, 2.75) is 90.7 Å². The zero-order valence-corrected chi connectivity index (χ0v) is 15.5. The molecule has 0 radical (unpaired) electrons. The maximum absolute atomic E-state index is 10.9. The zero-order valence-electron chi connectivity index (χ0n) is 15.5. The van der Waals surface area contributed by atoms with Crippen LogP contribution in [0.2, 0.25) is 0 Å². The van der Waals surface area contributed by atoms with Crippen LogP contribution in [0.25, 0.3) is 0 Å². The van der Waals surface area contributed by atoms with Crippen molar-refractivity contribution in [2.24, 2.45) is 11.8 Å². The second-order valence-electron chi connectivity index (χ2n) is 8.57. The summed E-state index contributed by atoms with van der Waals surface area (Å²) in [5, 5.41) is 10.9. The minimum Gasteiger partial charge on any atom is -0.384 e. The van der Waals surface area contributed by atoms with E-state index >= 15 is 0 Å². The van der Waals surface area contributed by atoms with Gasteiger partial charge in [0.05, 0.1) is 20.6 Å². The normalized spacial score (nSPS) is 30.9. The predicted molar refractivity (Wildman–Crippen MR) is 92.3 cm³/mol. The van der Waals surface area contributed by atoms with Crippen LogP contribution in [0.3, 0.4) is 0 Å². The van der Waals surface area contributed by atoms with Crippen molar-refractivity contribution in [2.75, 3.05) is 20.6 Å². The number of aliphatic hydroxyl groups is 1. The molecule has 3 atom stereocenters. The summed E-state index contributed by atoms with van der Waals surface area (Å²) < 4.78 is 0.988. The first-order valence-electron chi connectivity index (χ1n) is 9.25. The Morgan fingerprint density at radius 3 is 2.33 bits per heavy atom. The van der Waals surface area contributed by atoms with Crippen LogP contribution in [0.15, 0.2) is 0 Å². The molecular weight excluding hydrogens is 258 g/mol. The third-order valence-electron chi connectivity index (χ3n) is 5.89. The third kappa shape index (κ3) is 5.56. The van der Waals surface area contributed by atoms with E-state index in [1.165, 1.54) is 51.5 Å². The van der Waals surface area contributed by atoms with Gasteiger partial charge in [-0.2, -0.15) is 0 Å². The van der Waals surface area contributed by atoms with Gasteiger partial charge in [-0.15, -0.1) is 0 Å². The smallest absolute Gasteiger partial charge is 0.118 e. The molecule has 0 amide bonds. The van der Waals surface area contributed by atoms with Gasteiger partial charge in [-0.25, -0.2) is 0 Å². The fourth-order valence-corrected chi connectivity index (χ4v) is 4.23. The molecule has 126 valence electrons. The standard InChI is InChI=1S/C19H40NO/c1-7-8-9-10-11-14-20(5,6)18-15-17(16(2)3)12-13-19(18,4)21/h16-18,21H,7-15H2,1-6H3/q+1. The van der Waals surface area contributed by atoms with Crippen molar-refractivity contribution in [3.63, 3.8) is 0 Å². The molecule has 3 unspecified atom stereocenters. The summed E-state index contributed by atoms with van der Waals surface area (Å²) in [7, 11) is 4.67. The van der Waals surface area contributed by atoms with Gasteiger partial charge in [0.15, 0.2) is 0 Å². The minimum atomic E-state index is -0.488. The van der Waals surface area contributed by atoms with Gasteiger partial charge in [-0.1, -0.05) is 40.0 Å². The Kier molecular flexibility index (Phi) is 7.19. The summed E-state index contributed by atoms with van der Waals surface area (Å²) in [6.07, 6.45) is 10.0. The lowest BCUT2D eigenvalue weighted by molar-refractivity contribution is -0.924. The van der Waals surface area contributed by atoms with E-state index in [1.807, 2.05) is 0 Å². The van der Waals surface area contributed by atoms with Gasteiger partial charge < -0.3 is 9.59 Å². The van der Waals surface area contributed by atoms with Crippen molar-refractivity contribution in [1.82, 2.24) is 0 Å². The molecule has 0 aromatic heterocycles. The van der Waals surface area contributed by atoms with Gasteiger partial charge in [0, 0.05) is 6.42 Å². The first kappa shape index (κ1) is 19.0. The Morgan fingerprint density at radius 1 is 1.14 bits per heavy atom. The van der Waals surface area contributed by atoms with Gasteiger partial charge >= 0.3 is 0 Å². The summed E-state index contributed by atoms with van der Waals surface area (Å²) in [4.78, 5) is 0. The summed E-state index contributed by atoms with van der Waals surface area (Å²) in [6, 6.07) is 0.393. The highest BCUT2D eigenvalue weighted by atomic mass is 16.3. The highest BCUT2D eigenvalue weighted by Gasteiger charge is 2.47. The molecule has 1 fully saturated rings. The highest BCUT2D eigenvalue weighted by Crippen LogP contribution is 2.40. The lowest BCUT2D eigenvalue weighted by Crippen LogP contribution is -2.62. The number of unbranched alkanes of at least 4 members (excludes halogenated alkanes) is 4. The third-order valence-corrected chi connectivity index (χ3v) is 5.89. The highest BCUT2D eigenvalue weighted by molar-refractivity contribution is 4.91. The Labute approximate surface area is 133 Å². The van der Waals surface area contributed by atoms with Crippen molar-refractivity contribution >= 4 is 0 Å². The van der Waals surface area contributed by atoms with Crippen LogP contribution in [-0.2, 0) is 0 Å². The van der Waals surface area contributed by atoms with Crippen LogP contribution in [0.1, 0.15) is 79.1 Å². The molecule has 0 aromatic rings. The Balaban J connectivity index is 2.59. The number of quaternary nitrogens is 1. The summed E-state index contributed by atoms with van der Waals surface area (Å²) in [5.74, 6) is 1.53. The van der Waals surface area contributed by atoms with Crippen LogP contribution in [-0.4, -0.2) is 41.9 Å². The average Bonchev–Trinajstić information content (AvgIpc) is 2.37. The largest absolute Gasteiger partial charge is 0.384 e. The molecule has 1 aliphatic carbocycles. The van der Waals surface area contributed by atoms with Gasteiger partial charge in [0.2, 0.25) is 0 Å². The molecule has 21 heavy (non-hydrogen) atoms. The summed E-state index contributed by atoms with van der Waals surface area (Å²) >= 11 is 0. The summed E-state index contributed by atoms with van der Waals surface area (Å²) in [6.45, 7) is 10.2. The lowest BCUT2D eigenvalue weighted by atomic mass is 9.71. The Hall–Kier alpha value is -0.0800. The monoisotopic (exact) mass is 298 g/mol. The van der Waals surface area contributed by atoms with E-state index in [4.69, 9.17) is 0 Å². The van der Waals surface area contributed by atoms with Crippen LogP contribution in [0, 0.1) is 11.8 Å². The van der Waals surface area contributed by atoms with E-state index in [0.717, 1.165) is 22.7 Å². The molecule has 2 heteroatoms. The first-order valence-corrected chi connectivity index (χ1v) is 9.25.